The Kier molecular flexibility index (Phi) is 6.28. The normalized spacial score (nSPS) is 25.8. The highest BCUT2D eigenvalue weighted by atomic mass is 16.6. The van der Waals surface area contributed by atoms with Crippen molar-refractivity contribution in [3.63, 3.8) is 0 Å². The van der Waals surface area contributed by atoms with Gasteiger partial charge in [-0.2, -0.15) is 0 Å². The molecule has 28 heavy (non-hydrogen) atoms. The third-order valence-electron chi connectivity index (χ3n) is 5.67. The first-order chi connectivity index (χ1) is 13.2. The molecule has 0 spiro atoms. The number of hydrogen-bond acceptors (Lipinski definition) is 5. The minimum Gasteiger partial charge on any atom is -0.462 e. The molecule has 0 aromatic heterocycles. The second-order valence-electron chi connectivity index (χ2n) is 8.93. The molecule has 2 fully saturated rings. The van der Waals surface area contributed by atoms with E-state index in [1.165, 1.54) is 12.8 Å². The van der Waals surface area contributed by atoms with Crippen LogP contribution in [0.25, 0.3) is 0 Å². The van der Waals surface area contributed by atoms with Crippen molar-refractivity contribution in [3.8, 4) is 0 Å². The molecule has 1 unspecified atom stereocenters. The van der Waals surface area contributed by atoms with Gasteiger partial charge in [-0.1, -0.05) is 30.3 Å². The number of benzene rings is 1. The van der Waals surface area contributed by atoms with Gasteiger partial charge >= 0.3 is 12.1 Å². The number of esters is 1. The van der Waals surface area contributed by atoms with E-state index in [-0.39, 0.29) is 18.6 Å². The number of carbonyl (C=O) groups excluding carboxylic acids is 2. The molecular weight excluding hydrogens is 356 g/mol. The van der Waals surface area contributed by atoms with Crippen LogP contribution in [0.5, 0.6) is 0 Å². The average molecular weight is 389 g/mol. The maximum Gasteiger partial charge on any atom is 0.407 e. The molecule has 1 N–H and O–H groups in total. The number of rotatable bonds is 5. The highest BCUT2D eigenvalue weighted by Gasteiger charge is 2.40. The maximum absolute atomic E-state index is 13.0. The van der Waals surface area contributed by atoms with E-state index in [1.807, 2.05) is 51.1 Å². The van der Waals surface area contributed by atoms with E-state index in [9.17, 15) is 9.59 Å². The fourth-order valence-electron chi connectivity index (χ4n) is 4.23. The fraction of sp³-hybridized carbons (Fsp3) is 0.636. The minimum atomic E-state index is -0.583. The summed E-state index contributed by atoms with van der Waals surface area (Å²) in [4.78, 5) is 27.5. The number of fused-ring (bicyclic) bond motifs is 2. The molecule has 0 radical (unpaired) electrons. The van der Waals surface area contributed by atoms with Crippen molar-refractivity contribution in [2.45, 2.75) is 76.2 Å². The number of ether oxygens (including phenoxy) is 2. The van der Waals surface area contributed by atoms with Crippen LogP contribution in [0.2, 0.25) is 0 Å². The molecular formula is C22H32N2O4. The van der Waals surface area contributed by atoms with Crippen LogP contribution in [0.4, 0.5) is 4.79 Å². The lowest BCUT2D eigenvalue weighted by Gasteiger charge is -2.36. The van der Waals surface area contributed by atoms with Crippen molar-refractivity contribution < 1.29 is 19.1 Å². The van der Waals surface area contributed by atoms with Crippen LogP contribution in [-0.4, -0.2) is 54.3 Å². The van der Waals surface area contributed by atoms with Gasteiger partial charge in [0.25, 0.3) is 0 Å². The van der Waals surface area contributed by atoms with Gasteiger partial charge in [0.1, 0.15) is 11.7 Å². The van der Waals surface area contributed by atoms with E-state index in [4.69, 9.17) is 9.47 Å². The minimum absolute atomic E-state index is 0.0473. The van der Waals surface area contributed by atoms with Gasteiger partial charge in [0.2, 0.25) is 0 Å². The van der Waals surface area contributed by atoms with E-state index >= 15 is 0 Å². The third-order valence-corrected chi connectivity index (χ3v) is 5.67. The molecule has 0 aliphatic carbocycles. The number of carbonyl (C=O) groups is 2. The predicted octanol–water partition coefficient (Wildman–Crippen LogP) is 3.46. The molecule has 0 saturated carbocycles. The quantitative estimate of drug-likeness (QED) is 0.783. The van der Waals surface area contributed by atoms with Crippen LogP contribution in [-0.2, 0) is 14.3 Å². The van der Waals surface area contributed by atoms with Crippen molar-refractivity contribution in [3.05, 3.63) is 35.9 Å². The molecule has 2 heterocycles. The molecule has 2 saturated heterocycles. The zero-order valence-corrected chi connectivity index (χ0v) is 17.3. The summed E-state index contributed by atoms with van der Waals surface area (Å²) in [6, 6.07) is 10.5. The molecule has 4 atom stereocenters. The lowest BCUT2D eigenvalue weighted by Crippen LogP contribution is -2.44. The Bertz CT molecular complexity index is 672. The summed E-state index contributed by atoms with van der Waals surface area (Å²) < 4.78 is 11.2. The van der Waals surface area contributed by atoms with Gasteiger partial charge in [-0.15, -0.1) is 0 Å². The highest BCUT2D eigenvalue weighted by Crippen LogP contribution is 2.36. The highest BCUT2D eigenvalue weighted by molar-refractivity contribution is 5.79. The Labute approximate surface area is 167 Å². The second kappa shape index (κ2) is 8.52. The number of piperidine rings is 1. The lowest BCUT2D eigenvalue weighted by molar-refractivity contribution is -0.154. The van der Waals surface area contributed by atoms with Gasteiger partial charge in [0.05, 0.1) is 5.92 Å². The Morgan fingerprint density at radius 1 is 1.14 bits per heavy atom. The first-order valence-electron chi connectivity index (χ1n) is 10.2. The number of alkyl carbamates (subject to hydrolysis) is 1. The summed E-state index contributed by atoms with van der Waals surface area (Å²) >= 11 is 0. The van der Waals surface area contributed by atoms with Gasteiger partial charge in [0, 0.05) is 18.6 Å². The lowest BCUT2D eigenvalue weighted by atomic mass is 9.97. The molecule has 1 aromatic carbocycles. The zero-order valence-electron chi connectivity index (χ0n) is 17.3. The number of amides is 1. The van der Waals surface area contributed by atoms with Crippen LogP contribution in [0, 0.1) is 0 Å². The van der Waals surface area contributed by atoms with Crippen molar-refractivity contribution in [2.24, 2.45) is 0 Å². The van der Waals surface area contributed by atoms with Crippen molar-refractivity contribution in [1.82, 2.24) is 10.2 Å². The van der Waals surface area contributed by atoms with Crippen LogP contribution in [0.1, 0.15) is 57.9 Å². The topological polar surface area (TPSA) is 67.9 Å². The van der Waals surface area contributed by atoms with Gasteiger partial charge < -0.3 is 19.7 Å². The SMILES string of the molecule is CN1[C@@H]2CC[C@H]1C[C@@H](OC(=O)C(CNC(=O)OC(C)(C)C)c1ccccc1)C2. The number of hydrogen-bond donors (Lipinski definition) is 1. The molecule has 2 aliphatic rings. The summed E-state index contributed by atoms with van der Waals surface area (Å²) in [6.45, 7) is 5.58. The van der Waals surface area contributed by atoms with Gasteiger partial charge in [-0.3, -0.25) is 4.79 Å². The van der Waals surface area contributed by atoms with Crippen LogP contribution >= 0.6 is 0 Å². The number of nitrogens with zero attached hydrogens (tertiary/aromatic N) is 1. The molecule has 6 heteroatoms. The Morgan fingerprint density at radius 2 is 1.75 bits per heavy atom. The first-order valence-corrected chi connectivity index (χ1v) is 10.2. The van der Waals surface area contributed by atoms with Crippen LogP contribution in [0.3, 0.4) is 0 Å². The van der Waals surface area contributed by atoms with Crippen molar-refractivity contribution in [2.75, 3.05) is 13.6 Å². The molecule has 2 aliphatic heterocycles. The maximum atomic E-state index is 13.0. The van der Waals surface area contributed by atoms with E-state index in [0.29, 0.717) is 12.1 Å². The summed E-state index contributed by atoms with van der Waals surface area (Å²) in [5.41, 5.74) is 0.250. The van der Waals surface area contributed by atoms with Crippen LogP contribution in [0.15, 0.2) is 30.3 Å². The van der Waals surface area contributed by atoms with Crippen molar-refractivity contribution >= 4 is 12.1 Å². The summed E-state index contributed by atoms with van der Waals surface area (Å²) in [5.74, 6) is -0.831. The predicted molar refractivity (Wildman–Crippen MR) is 107 cm³/mol. The summed E-state index contributed by atoms with van der Waals surface area (Å²) in [6.07, 6.45) is 3.56. The molecule has 154 valence electrons. The average Bonchev–Trinajstić information content (AvgIpc) is 2.82. The standard InChI is InChI=1S/C22H32N2O4/c1-22(2,3)28-21(26)23-14-19(15-8-6-5-7-9-15)20(25)27-18-12-16-10-11-17(13-18)24(16)4/h5-9,16-19H,10-14H2,1-4H3,(H,23,26)/t16-,17+,18+,19?. The summed E-state index contributed by atoms with van der Waals surface area (Å²) in [5, 5.41) is 2.72. The van der Waals surface area contributed by atoms with Crippen LogP contribution < -0.4 is 5.32 Å². The zero-order chi connectivity index (χ0) is 20.3. The molecule has 1 aromatic rings. The molecule has 1 amide bonds. The van der Waals surface area contributed by atoms with Gasteiger partial charge in [-0.05, 0) is 59.1 Å². The monoisotopic (exact) mass is 388 g/mol. The van der Waals surface area contributed by atoms with Gasteiger partial charge in [-0.25, -0.2) is 4.79 Å². The van der Waals surface area contributed by atoms with E-state index in [0.717, 1.165) is 18.4 Å². The molecule has 2 bridgehead atoms. The van der Waals surface area contributed by atoms with Crippen molar-refractivity contribution in [1.29, 1.82) is 0 Å². The molecule has 6 nitrogen and oxygen atoms in total. The summed E-state index contributed by atoms with van der Waals surface area (Å²) in [7, 11) is 2.16. The van der Waals surface area contributed by atoms with E-state index < -0.39 is 17.6 Å². The van der Waals surface area contributed by atoms with E-state index in [2.05, 4.69) is 17.3 Å². The first kappa shape index (κ1) is 20.6. The smallest absolute Gasteiger partial charge is 0.407 e. The number of nitrogens with one attached hydrogen (secondary N) is 1. The molecule has 3 rings (SSSR count). The third kappa shape index (κ3) is 5.25. The second-order valence-corrected chi connectivity index (χ2v) is 8.93. The Morgan fingerprint density at radius 3 is 2.32 bits per heavy atom. The fourth-order valence-corrected chi connectivity index (χ4v) is 4.23. The Balaban J connectivity index is 1.63. The Hall–Kier alpha value is -2.08. The van der Waals surface area contributed by atoms with E-state index in [1.54, 1.807) is 0 Å². The largest absolute Gasteiger partial charge is 0.462 e. The van der Waals surface area contributed by atoms with Gasteiger partial charge in [0.15, 0.2) is 0 Å².